The summed E-state index contributed by atoms with van der Waals surface area (Å²) < 4.78 is 0. The molecule has 2 aliphatic heterocycles. The predicted octanol–water partition coefficient (Wildman–Crippen LogP) is 0.331. The number of fused-ring (bicyclic) bond motifs is 2. The summed E-state index contributed by atoms with van der Waals surface area (Å²) in [7, 11) is 0. The molecule has 12 nitrogen and oxygen atoms in total. The molecule has 3 atom stereocenters. The number of benzene rings is 2. The molecule has 194 valence electrons. The number of carbonyl (C=O) groups excluding carboxylic acids is 5. The molecule has 4 amide bonds. The fourth-order valence-electron chi connectivity index (χ4n) is 4.62. The number of hydrogen-bond acceptors (Lipinski definition) is 7. The number of nitrogens with zero attached hydrogens (tertiary/aromatic N) is 2. The fraction of sp³-hybridized carbons (Fsp3) is 0.360. The number of aliphatic carboxylic acids is 1. The average molecular weight is 511 g/mol. The lowest BCUT2D eigenvalue weighted by Crippen LogP contribution is -2.64. The van der Waals surface area contributed by atoms with E-state index in [-0.39, 0.29) is 43.0 Å². The van der Waals surface area contributed by atoms with Gasteiger partial charge in [0.25, 0.3) is 11.8 Å². The van der Waals surface area contributed by atoms with E-state index in [2.05, 4.69) is 10.6 Å². The Balaban J connectivity index is 1.54. The van der Waals surface area contributed by atoms with Gasteiger partial charge in [0.15, 0.2) is 0 Å². The number of hydrazine groups is 1. The quantitative estimate of drug-likeness (QED) is 0.386. The summed E-state index contributed by atoms with van der Waals surface area (Å²) >= 11 is 0. The van der Waals surface area contributed by atoms with Crippen molar-refractivity contribution in [3.05, 3.63) is 42.0 Å². The molecule has 4 rings (SSSR count). The van der Waals surface area contributed by atoms with E-state index in [9.17, 15) is 33.9 Å². The molecule has 0 aromatic heterocycles. The first-order valence-electron chi connectivity index (χ1n) is 11.8. The summed E-state index contributed by atoms with van der Waals surface area (Å²) in [5.74, 6) is -3.53. The van der Waals surface area contributed by atoms with Gasteiger partial charge in [-0.3, -0.25) is 29.0 Å². The van der Waals surface area contributed by atoms with Crippen LogP contribution in [0, 0.1) is 0 Å². The summed E-state index contributed by atoms with van der Waals surface area (Å²) in [6, 6.07) is 6.00. The van der Waals surface area contributed by atoms with Gasteiger partial charge in [-0.05, 0) is 54.3 Å². The minimum Gasteiger partial charge on any atom is -0.508 e. The number of aromatic hydroxyl groups is 1. The van der Waals surface area contributed by atoms with Crippen LogP contribution >= 0.6 is 0 Å². The third-order valence-corrected chi connectivity index (χ3v) is 6.44. The normalized spacial score (nSPS) is 20.5. The molecular formula is C25H26N4O8. The van der Waals surface area contributed by atoms with Gasteiger partial charge in [-0.15, -0.1) is 0 Å². The van der Waals surface area contributed by atoms with Crippen LogP contribution in [0.3, 0.4) is 0 Å². The van der Waals surface area contributed by atoms with Gasteiger partial charge in [0.05, 0.1) is 12.5 Å². The lowest BCUT2D eigenvalue weighted by atomic mass is 10.0. The molecule has 0 saturated carbocycles. The van der Waals surface area contributed by atoms with Crippen molar-refractivity contribution in [2.24, 2.45) is 0 Å². The molecule has 2 heterocycles. The third-order valence-electron chi connectivity index (χ3n) is 6.44. The second kappa shape index (κ2) is 10.6. The molecule has 2 aromatic rings. The van der Waals surface area contributed by atoms with E-state index >= 15 is 0 Å². The van der Waals surface area contributed by atoms with E-state index in [4.69, 9.17) is 5.11 Å². The van der Waals surface area contributed by atoms with E-state index in [0.29, 0.717) is 18.1 Å². The van der Waals surface area contributed by atoms with Crippen LogP contribution in [0.1, 0.15) is 42.5 Å². The number of nitrogens with one attached hydrogen (secondary N) is 2. The van der Waals surface area contributed by atoms with Crippen molar-refractivity contribution in [3.8, 4) is 5.75 Å². The highest BCUT2D eigenvalue weighted by Crippen LogP contribution is 2.26. The summed E-state index contributed by atoms with van der Waals surface area (Å²) in [6.07, 6.45) is 0.287. The number of rotatable bonds is 7. The monoisotopic (exact) mass is 510 g/mol. The van der Waals surface area contributed by atoms with Crippen LogP contribution in [0.25, 0.3) is 10.8 Å². The van der Waals surface area contributed by atoms with Crippen LogP contribution in [-0.2, 0) is 24.0 Å². The molecular weight excluding hydrogens is 484 g/mol. The minimum absolute atomic E-state index is 0.0299. The van der Waals surface area contributed by atoms with Crippen LogP contribution in [0.4, 0.5) is 0 Å². The van der Waals surface area contributed by atoms with Gasteiger partial charge in [0.2, 0.25) is 11.8 Å². The number of amides is 4. The molecule has 0 aliphatic carbocycles. The number of carbonyl (C=O) groups is 6. The Morgan fingerprint density at radius 1 is 1.08 bits per heavy atom. The molecule has 0 bridgehead atoms. The summed E-state index contributed by atoms with van der Waals surface area (Å²) in [4.78, 5) is 74.5. The number of carboxylic acid groups (broad SMARTS) is 1. The molecule has 37 heavy (non-hydrogen) atoms. The SMILES string of the molecule is O=C[C@H](CC(=O)O)NC(=O)[C@@H]1CCCN2C(=O)CC[C@H](NC(=O)c3ccc4cc(O)ccc4c3)C(=O)N12. The first-order valence-corrected chi connectivity index (χ1v) is 11.8. The summed E-state index contributed by atoms with van der Waals surface area (Å²) in [5, 5.41) is 27.2. The van der Waals surface area contributed by atoms with Crippen molar-refractivity contribution in [1.82, 2.24) is 20.7 Å². The minimum atomic E-state index is -1.29. The van der Waals surface area contributed by atoms with E-state index in [1.54, 1.807) is 30.3 Å². The highest BCUT2D eigenvalue weighted by molar-refractivity contribution is 6.02. The van der Waals surface area contributed by atoms with Crippen molar-refractivity contribution in [3.63, 3.8) is 0 Å². The zero-order valence-corrected chi connectivity index (χ0v) is 19.8. The van der Waals surface area contributed by atoms with Crippen LogP contribution in [0.15, 0.2) is 36.4 Å². The van der Waals surface area contributed by atoms with Crippen molar-refractivity contribution in [2.75, 3.05) is 6.54 Å². The number of carboxylic acids is 1. The van der Waals surface area contributed by atoms with Crippen molar-refractivity contribution in [1.29, 1.82) is 0 Å². The number of phenols is 1. The van der Waals surface area contributed by atoms with Gasteiger partial charge in [-0.1, -0.05) is 12.1 Å². The van der Waals surface area contributed by atoms with Gasteiger partial charge < -0.3 is 25.6 Å². The number of phenolic OH excluding ortho intramolecular Hbond substituents is 1. The highest BCUT2D eigenvalue weighted by atomic mass is 16.4. The average Bonchev–Trinajstić information content (AvgIpc) is 2.99. The van der Waals surface area contributed by atoms with Crippen molar-refractivity contribution in [2.45, 2.75) is 50.2 Å². The maximum absolute atomic E-state index is 13.5. The molecule has 2 aliphatic rings. The number of hydrogen-bond donors (Lipinski definition) is 4. The molecule has 2 saturated heterocycles. The Hall–Kier alpha value is -4.48. The predicted molar refractivity (Wildman–Crippen MR) is 128 cm³/mol. The third kappa shape index (κ3) is 5.52. The molecule has 2 fully saturated rings. The van der Waals surface area contributed by atoms with Gasteiger partial charge in [-0.2, -0.15) is 0 Å². The highest BCUT2D eigenvalue weighted by Gasteiger charge is 2.45. The zero-order chi connectivity index (χ0) is 26.7. The molecule has 0 radical (unpaired) electrons. The van der Waals surface area contributed by atoms with Gasteiger partial charge in [-0.25, -0.2) is 5.01 Å². The summed E-state index contributed by atoms with van der Waals surface area (Å²) in [5.41, 5.74) is 0.272. The Bertz CT molecular complexity index is 1280. The smallest absolute Gasteiger partial charge is 0.305 e. The van der Waals surface area contributed by atoms with Crippen molar-refractivity contribution >= 4 is 46.7 Å². The lowest BCUT2D eigenvalue weighted by molar-refractivity contribution is -0.176. The Labute approximate surface area is 211 Å². The van der Waals surface area contributed by atoms with E-state index < -0.39 is 48.2 Å². The van der Waals surface area contributed by atoms with E-state index in [0.717, 1.165) is 10.4 Å². The standard InChI is InChI=1S/C25H26N4O8/c30-13-17(12-22(33)34)26-24(36)20-2-1-9-28-21(32)8-7-19(25(37)29(20)28)27-23(35)16-4-3-15-11-18(31)6-5-14(15)10-16/h3-6,10-11,13,17,19-20,31H,1-2,7-9,12H2,(H,26,36)(H,27,35)(H,33,34)/t17-,19-,20-/m0/s1. The molecule has 4 N–H and O–H groups in total. The second-order valence-electron chi connectivity index (χ2n) is 9.02. The van der Waals surface area contributed by atoms with Crippen LogP contribution in [-0.4, -0.2) is 80.8 Å². The largest absolute Gasteiger partial charge is 0.508 e. The fourth-order valence-corrected chi connectivity index (χ4v) is 4.62. The van der Waals surface area contributed by atoms with Crippen LogP contribution in [0.5, 0.6) is 5.75 Å². The Morgan fingerprint density at radius 3 is 2.54 bits per heavy atom. The Kier molecular flexibility index (Phi) is 7.37. The van der Waals surface area contributed by atoms with Gasteiger partial charge in [0.1, 0.15) is 24.1 Å². The Morgan fingerprint density at radius 2 is 1.81 bits per heavy atom. The van der Waals surface area contributed by atoms with Gasteiger partial charge >= 0.3 is 5.97 Å². The van der Waals surface area contributed by atoms with E-state index in [1.807, 2.05) is 0 Å². The first-order chi connectivity index (χ1) is 17.7. The maximum Gasteiger partial charge on any atom is 0.305 e. The first kappa shape index (κ1) is 25.6. The number of aldehydes is 1. The molecule has 12 heteroatoms. The summed E-state index contributed by atoms with van der Waals surface area (Å²) in [6.45, 7) is 0.207. The molecule has 2 aromatic carbocycles. The van der Waals surface area contributed by atoms with Gasteiger partial charge in [0, 0.05) is 18.5 Å². The van der Waals surface area contributed by atoms with Crippen molar-refractivity contribution < 1.29 is 39.0 Å². The van der Waals surface area contributed by atoms with Crippen LogP contribution in [0.2, 0.25) is 0 Å². The molecule has 0 spiro atoms. The molecule has 0 unspecified atom stereocenters. The topological polar surface area (TPSA) is 173 Å². The zero-order valence-electron chi connectivity index (χ0n) is 19.8. The maximum atomic E-state index is 13.5. The van der Waals surface area contributed by atoms with Crippen LogP contribution < -0.4 is 10.6 Å². The second-order valence-corrected chi connectivity index (χ2v) is 9.02. The van der Waals surface area contributed by atoms with E-state index in [1.165, 1.54) is 11.1 Å². The lowest BCUT2D eigenvalue weighted by Gasteiger charge is -2.43.